The van der Waals surface area contributed by atoms with Crippen LogP contribution in [0.2, 0.25) is 0 Å². The maximum absolute atomic E-state index is 13.5. The van der Waals surface area contributed by atoms with Crippen LogP contribution in [0.15, 0.2) is 48.5 Å². The number of amides is 2. The van der Waals surface area contributed by atoms with Gasteiger partial charge in [-0.3, -0.25) is 4.90 Å². The number of carbonyl (C=O) groups is 2. The number of hydrogen-bond donors (Lipinski definition) is 1. The number of methoxy groups -OCH3 is 1. The van der Waals surface area contributed by atoms with Crippen molar-refractivity contribution in [3.05, 3.63) is 71.3 Å². The monoisotopic (exact) mass is 459 g/mol. The van der Waals surface area contributed by atoms with Crippen molar-refractivity contribution in [3.63, 3.8) is 0 Å². The van der Waals surface area contributed by atoms with E-state index < -0.39 is 12.0 Å². The molecule has 8 heteroatoms. The van der Waals surface area contributed by atoms with E-state index in [1.54, 1.807) is 29.2 Å². The van der Waals surface area contributed by atoms with Gasteiger partial charge in [-0.25, -0.2) is 18.4 Å². The number of carbonyl (C=O) groups excluding carboxylic acids is 2. The van der Waals surface area contributed by atoms with Crippen LogP contribution in [0.3, 0.4) is 0 Å². The van der Waals surface area contributed by atoms with E-state index in [2.05, 4.69) is 10.2 Å². The molecular formula is C25H31F2N3O3. The van der Waals surface area contributed by atoms with Crippen molar-refractivity contribution in [1.82, 2.24) is 15.1 Å². The molecule has 1 saturated heterocycles. The second kappa shape index (κ2) is 11.2. The summed E-state index contributed by atoms with van der Waals surface area (Å²) in [5.41, 5.74) is 1.78. The molecular weight excluding hydrogens is 428 g/mol. The average Bonchev–Trinajstić information content (AvgIpc) is 2.84. The van der Waals surface area contributed by atoms with Crippen molar-refractivity contribution >= 4 is 12.0 Å². The summed E-state index contributed by atoms with van der Waals surface area (Å²) in [7, 11) is 1.31. The van der Waals surface area contributed by atoms with Gasteiger partial charge in [0.15, 0.2) is 0 Å². The van der Waals surface area contributed by atoms with E-state index in [-0.39, 0.29) is 29.6 Å². The third-order valence-corrected chi connectivity index (χ3v) is 6.29. The normalized spacial score (nSPS) is 16.4. The van der Waals surface area contributed by atoms with Gasteiger partial charge in [0.1, 0.15) is 17.7 Å². The van der Waals surface area contributed by atoms with Crippen LogP contribution in [0, 0.1) is 17.6 Å². The van der Waals surface area contributed by atoms with Crippen LogP contribution >= 0.6 is 0 Å². The first kappa shape index (κ1) is 24.6. The molecule has 2 aromatic carbocycles. The number of urea groups is 1. The maximum atomic E-state index is 13.5. The van der Waals surface area contributed by atoms with Crippen LogP contribution in [-0.4, -0.2) is 61.1 Å². The molecule has 2 amide bonds. The molecule has 0 radical (unpaired) electrons. The first-order valence-electron chi connectivity index (χ1n) is 11.2. The molecule has 1 heterocycles. The summed E-state index contributed by atoms with van der Waals surface area (Å²) in [4.78, 5) is 28.8. The lowest BCUT2D eigenvalue weighted by molar-refractivity contribution is -0.144. The van der Waals surface area contributed by atoms with Crippen molar-refractivity contribution < 1.29 is 23.1 Å². The van der Waals surface area contributed by atoms with Crippen LogP contribution in [0.5, 0.6) is 0 Å². The highest BCUT2D eigenvalue weighted by molar-refractivity contribution is 5.83. The van der Waals surface area contributed by atoms with Gasteiger partial charge in [0.05, 0.1) is 13.2 Å². The number of rotatable bonds is 7. The van der Waals surface area contributed by atoms with Gasteiger partial charge in [-0.2, -0.15) is 0 Å². The number of nitrogens with zero attached hydrogens (tertiary/aromatic N) is 2. The topological polar surface area (TPSA) is 61.9 Å². The van der Waals surface area contributed by atoms with Gasteiger partial charge < -0.3 is 15.0 Å². The summed E-state index contributed by atoms with van der Waals surface area (Å²) < 4.78 is 31.9. The fraction of sp³-hybridized carbons (Fsp3) is 0.440. The number of hydrogen-bond acceptors (Lipinski definition) is 4. The Kier molecular flexibility index (Phi) is 8.38. The Bertz CT molecular complexity index is 883. The molecule has 1 aliphatic rings. The number of piperazine rings is 1. The van der Waals surface area contributed by atoms with Gasteiger partial charge in [0, 0.05) is 26.2 Å². The molecule has 0 saturated carbocycles. The number of nitrogens with one attached hydrogen (secondary N) is 1. The lowest BCUT2D eigenvalue weighted by Gasteiger charge is -2.40. The summed E-state index contributed by atoms with van der Waals surface area (Å²) >= 11 is 0. The Labute approximate surface area is 193 Å². The molecule has 0 spiro atoms. The van der Waals surface area contributed by atoms with E-state index >= 15 is 0 Å². The molecule has 0 aromatic heterocycles. The minimum atomic E-state index is -0.697. The van der Waals surface area contributed by atoms with Crippen molar-refractivity contribution in [2.45, 2.75) is 32.4 Å². The molecule has 2 aromatic rings. The largest absolute Gasteiger partial charge is 0.467 e. The smallest absolute Gasteiger partial charge is 0.328 e. The Morgan fingerprint density at radius 3 is 1.85 bits per heavy atom. The Morgan fingerprint density at radius 2 is 1.42 bits per heavy atom. The van der Waals surface area contributed by atoms with Gasteiger partial charge in [0.2, 0.25) is 0 Å². The third-order valence-electron chi connectivity index (χ3n) is 6.29. The number of ether oxygens (including phenoxy) is 1. The number of benzene rings is 2. The molecule has 1 aliphatic heterocycles. The summed E-state index contributed by atoms with van der Waals surface area (Å²) in [6.45, 7) is 5.91. The van der Waals surface area contributed by atoms with Crippen LogP contribution < -0.4 is 5.32 Å². The average molecular weight is 460 g/mol. The summed E-state index contributed by atoms with van der Waals surface area (Å²) in [5, 5.41) is 2.82. The third kappa shape index (κ3) is 6.07. The van der Waals surface area contributed by atoms with Crippen molar-refractivity contribution in [2.24, 2.45) is 5.92 Å². The van der Waals surface area contributed by atoms with E-state index in [9.17, 15) is 18.4 Å². The minimum Gasteiger partial charge on any atom is -0.467 e. The summed E-state index contributed by atoms with van der Waals surface area (Å²) in [6.07, 6.45) is 0.727. The molecule has 1 fully saturated rings. The quantitative estimate of drug-likeness (QED) is 0.637. The van der Waals surface area contributed by atoms with Gasteiger partial charge in [0.25, 0.3) is 0 Å². The highest BCUT2D eigenvalue weighted by Gasteiger charge is 2.32. The summed E-state index contributed by atoms with van der Waals surface area (Å²) in [6, 6.07) is 11.4. The predicted molar refractivity (Wildman–Crippen MR) is 122 cm³/mol. The molecule has 0 bridgehead atoms. The van der Waals surface area contributed by atoms with E-state index in [1.807, 2.05) is 13.8 Å². The lowest BCUT2D eigenvalue weighted by Crippen LogP contribution is -2.56. The first-order chi connectivity index (χ1) is 15.8. The Morgan fingerprint density at radius 1 is 0.939 bits per heavy atom. The van der Waals surface area contributed by atoms with E-state index in [4.69, 9.17) is 4.74 Å². The van der Waals surface area contributed by atoms with Gasteiger partial charge in [-0.15, -0.1) is 0 Å². The zero-order valence-corrected chi connectivity index (χ0v) is 19.3. The molecule has 1 N–H and O–H groups in total. The zero-order chi connectivity index (χ0) is 24.0. The van der Waals surface area contributed by atoms with Gasteiger partial charge in [-0.1, -0.05) is 44.5 Å². The van der Waals surface area contributed by atoms with Crippen LogP contribution in [0.1, 0.15) is 37.4 Å². The SMILES string of the molecule is CC[C@H](C)[C@H](NC(=O)N1CCN(C(c2ccc(F)cc2)c2ccc(F)cc2)CC1)C(=O)OC. The fourth-order valence-corrected chi connectivity index (χ4v) is 4.11. The Balaban J connectivity index is 1.72. The van der Waals surface area contributed by atoms with Crippen molar-refractivity contribution in [1.29, 1.82) is 0 Å². The van der Waals surface area contributed by atoms with Gasteiger partial charge in [-0.05, 0) is 41.3 Å². The highest BCUT2D eigenvalue weighted by atomic mass is 19.1. The summed E-state index contributed by atoms with van der Waals surface area (Å²) in [5.74, 6) is -1.15. The van der Waals surface area contributed by atoms with Crippen molar-refractivity contribution in [3.8, 4) is 0 Å². The minimum absolute atomic E-state index is 0.0518. The van der Waals surface area contributed by atoms with Crippen molar-refractivity contribution in [2.75, 3.05) is 33.3 Å². The maximum Gasteiger partial charge on any atom is 0.328 e. The second-order valence-electron chi connectivity index (χ2n) is 8.36. The Hall–Kier alpha value is -3.00. The molecule has 0 unspecified atom stereocenters. The first-order valence-corrected chi connectivity index (χ1v) is 11.2. The second-order valence-corrected chi connectivity index (χ2v) is 8.36. The standard InChI is InChI=1S/C25H31F2N3O3/c1-4-17(2)22(24(31)33-3)28-25(32)30-15-13-29(14-16-30)23(18-5-9-20(26)10-6-18)19-7-11-21(27)12-8-19/h5-12,17,22-23H,4,13-16H2,1-3H3,(H,28,32)/t17-,22-/m0/s1. The molecule has 6 nitrogen and oxygen atoms in total. The number of halogens is 2. The molecule has 33 heavy (non-hydrogen) atoms. The van der Waals surface area contributed by atoms with E-state index in [0.717, 1.165) is 17.5 Å². The lowest BCUT2D eigenvalue weighted by atomic mass is 9.96. The molecule has 3 rings (SSSR count). The number of esters is 1. The van der Waals surface area contributed by atoms with Crippen LogP contribution in [0.25, 0.3) is 0 Å². The molecule has 2 atom stereocenters. The fourth-order valence-electron chi connectivity index (χ4n) is 4.11. The van der Waals surface area contributed by atoms with E-state index in [1.165, 1.54) is 31.4 Å². The van der Waals surface area contributed by atoms with Gasteiger partial charge >= 0.3 is 12.0 Å². The molecule has 0 aliphatic carbocycles. The highest BCUT2D eigenvalue weighted by Crippen LogP contribution is 2.30. The van der Waals surface area contributed by atoms with Crippen LogP contribution in [0.4, 0.5) is 13.6 Å². The predicted octanol–water partition coefficient (Wildman–Crippen LogP) is 3.97. The zero-order valence-electron chi connectivity index (χ0n) is 19.3. The van der Waals surface area contributed by atoms with Crippen LogP contribution in [-0.2, 0) is 9.53 Å². The molecule has 178 valence electrons. The van der Waals surface area contributed by atoms with E-state index in [0.29, 0.717) is 26.2 Å².